The number of rotatable bonds is 6. The van der Waals surface area contributed by atoms with Crippen LogP contribution in [-0.4, -0.2) is 32.3 Å². The van der Waals surface area contributed by atoms with Crippen molar-refractivity contribution in [3.8, 4) is 22.9 Å². The van der Waals surface area contributed by atoms with Crippen LogP contribution in [0.3, 0.4) is 0 Å². The fourth-order valence-corrected chi connectivity index (χ4v) is 3.34. The zero-order valence-electron chi connectivity index (χ0n) is 19.5. The van der Waals surface area contributed by atoms with Gasteiger partial charge in [0.25, 0.3) is 0 Å². The Kier molecular flexibility index (Phi) is 6.87. The molecule has 3 rings (SSSR count). The fraction of sp³-hybridized carbons (Fsp3) is 0.360. The molecule has 0 saturated carbocycles. The van der Waals surface area contributed by atoms with Crippen LogP contribution >= 0.6 is 0 Å². The van der Waals surface area contributed by atoms with Crippen LogP contribution in [0.25, 0.3) is 11.3 Å². The number of hydrogen-bond donors (Lipinski definition) is 1. The molecule has 6 nitrogen and oxygen atoms in total. The SMILES string of the molecule is CC(C)N(Cc1c(-c2ccccc2)nn(C)c1Oc1cccc(F)c1)C(=O)NC(C)(C)C. The van der Waals surface area contributed by atoms with Gasteiger partial charge in [0.2, 0.25) is 5.88 Å². The van der Waals surface area contributed by atoms with Crippen LogP contribution in [0.2, 0.25) is 0 Å². The van der Waals surface area contributed by atoms with E-state index >= 15 is 0 Å². The van der Waals surface area contributed by atoms with E-state index in [4.69, 9.17) is 4.74 Å². The third-order valence-corrected chi connectivity index (χ3v) is 4.84. The minimum absolute atomic E-state index is 0.0665. The Morgan fingerprint density at radius 2 is 1.84 bits per heavy atom. The highest BCUT2D eigenvalue weighted by molar-refractivity contribution is 5.76. The highest BCUT2D eigenvalue weighted by Crippen LogP contribution is 2.34. The van der Waals surface area contributed by atoms with Crippen LogP contribution in [0.15, 0.2) is 54.6 Å². The van der Waals surface area contributed by atoms with Gasteiger partial charge >= 0.3 is 6.03 Å². The Bertz CT molecular complexity index is 1070. The predicted octanol–water partition coefficient (Wildman–Crippen LogP) is 5.74. The first-order valence-electron chi connectivity index (χ1n) is 10.7. The molecular formula is C25H31FN4O2. The summed E-state index contributed by atoms with van der Waals surface area (Å²) in [5.41, 5.74) is 2.00. The van der Waals surface area contributed by atoms with E-state index in [0.29, 0.717) is 17.3 Å². The van der Waals surface area contributed by atoms with Crippen molar-refractivity contribution in [2.45, 2.75) is 52.7 Å². The fourth-order valence-electron chi connectivity index (χ4n) is 3.34. The van der Waals surface area contributed by atoms with Crippen LogP contribution in [0.1, 0.15) is 40.2 Å². The van der Waals surface area contributed by atoms with Gasteiger partial charge in [-0.15, -0.1) is 0 Å². The number of aromatic nitrogens is 2. The number of nitrogens with zero attached hydrogens (tertiary/aromatic N) is 3. The average molecular weight is 439 g/mol. The zero-order chi connectivity index (χ0) is 23.5. The average Bonchev–Trinajstić information content (AvgIpc) is 3.00. The van der Waals surface area contributed by atoms with Crippen molar-refractivity contribution in [3.63, 3.8) is 0 Å². The molecule has 0 saturated heterocycles. The second kappa shape index (κ2) is 9.42. The zero-order valence-corrected chi connectivity index (χ0v) is 19.5. The molecule has 0 aliphatic rings. The van der Waals surface area contributed by atoms with E-state index in [2.05, 4.69) is 10.4 Å². The molecule has 0 bridgehead atoms. The smallest absolute Gasteiger partial charge is 0.318 e. The predicted molar refractivity (Wildman–Crippen MR) is 124 cm³/mol. The normalized spacial score (nSPS) is 11.5. The molecule has 0 fully saturated rings. The van der Waals surface area contributed by atoms with E-state index in [0.717, 1.165) is 11.1 Å². The first-order chi connectivity index (χ1) is 15.0. The topological polar surface area (TPSA) is 59.4 Å². The van der Waals surface area contributed by atoms with Gasteiger partial charge in [0.05, 0.1) is 12.1 Å². The van der Waals surface area contributed by atoms with Crippen molar-refractivity contribution < 1.29 is 13.9 Å². The second-order valence-electron chi connectivity index (χ2n) is 9.08. The Labute approximate surface area is 189 Å². The van der Waals surface area contributed by atoms with E-state index in [1.165, 1.54) is 12.1 Å². The van der Waals surface area contributed by atoms with Crippen molar-refractivity contribution in [3.05, 3.63) is 66.0 Å². The molecule has 0 aliphatic heterocycles. The maximum atomic E-state index is 13.8. The molecular weight excluding hydrogens is 407 g/mol. The van der Waals surface area contributed by atoms with Gasteiger partial charge in [-0.2, -0.15) is 5.10 Å². The van der Waals surface area contributed by atoms with Crippen LogP contribution < -0.4 is 10.1 Å². The number of nitrogens with one attached hydrogen (secondary N) is 1. The molecule has 7 heteroatoms. The Balaban J connectivity index is 2.07. The standard InChI is InChI=1S/C25H31FN4O2/c1-17(2)30(24(31)27-25(3,4)5)16-21-22(18-11-8-7-9-12-18)28-29(6)23(21)32-20-14-10-13-19(26)15-20/h7-15,17H,16H2,1-6H3,(H,27,31). The molecule has 0 aliphatic carbocycles. The molecule has 32 heavy (non-hydrogen) atoms. The minimum atomic E-state index is -0.386. The first kappa shape index (κ1) is 23.3. The summed E-state index contributed by atoms with van der Waals surface area (Å²) in [6.07, 6.45) is 0. The molecule has 1 N–H and O–H groups in total. The number of urea groups is 1. The summed E-state index contributed by atoms with van der Waals surface area (Å²) in [4.78, 5) is 14.8. The summed E-state index contributed by atoms with van der Waals surface area (Å²) in [7, 11) is 1.78. The molecule has 2 aromatic carbocycles. The molecule has 0 unspecified atom stereocenters. The lowest BCUT2D eigenvalue weighted by molar-refractivity contribution is 0.170. The van der Waals surface area contributed by atoms with Gasteiger partial charge < -0.3 is 15.0 Å². The van der Waals surface area contributed by atoms with Gasteiger partial charge in [0, 0.05) is 30.3 Å². The van der Waals surface area contributed by atoms with Crippen molar-refractivity contribution in [2.75, 3.05) is 0 Å². The van der Waals surface area contributed by atoms with Crippen LogP contribution in [-0.2, 0) is 13.6 Å². The monoisotopic (exact) mass is 438 g/mol. The van der Waals surface area contributed by atoms with Crippen molar-refractivity contribution in [1.82, 2.24) is 20.0 Å². The van der Waals surface area contributed by atoms with Crippen molar-refractivity contribution in [2.24, 2.45) is 7.05 Å². The lowest BCUT2D eigenvalue weighted by Gasteiger charge is -2.31. The third kappa shape index (κ3) is 5.66. The van der Waals surface area contributed by atoms with Gasteiger partial charge in [0.1, 0.15) is 17.3 Å². The van der Waals surface area contributed by atoms with Crippen LogP contribution in [0.5, 0.6) is 11.6 Å². The van der Waals surface area contributed by atoms with E-state index in [1.807, 2.05) is 65.0 Å². The van der Waals surface area contributed by atoms with Gasteiger partial charge in [-0.1, -0.05) is 36.4 Å². The first-order valence-corrected chi connectivity index (χ1v) is 10.7. The van der Waals surface area contributed by atoms with Gasteiger partial charge in [0.15, 0.2) is 0 Å². The van der Waals surface area contributed by atoms with Crippen molar-refractivity contribution >= 4 is 6.03 Å². The second-order valence-corrected chi connectivity index (χ2v) is 9.08. The van der Waals surface area contributed by atoms with Gasteiger partial charge in [-0.05, 0) is 46.8 Å². The van der Waals surface area contributed by atoms with E-state index in [-0.39, 0.29) is 30.0 Å². The molecule has 2 amide bonds. The Hall–Kier alpha value is -3.35. The number of aryl methyl sites for hydroxylation is 1. The molecule has 0 atom stereocenters. The van der Waals surface area contributed by atoms with E-state index < -0.39 is 0 Å². The maximum absolute atomic E-state index is 13.8. The summed E-state index contributed by atoms with van der Waals surface area (Å²) in [5.74, 6) is 0.440. The summed E-state index contributed by atoms with van der Waals surface area (Å²) >= 11 is 0. The van der Waals surface area contributed by atoms with Crippen LogP contribution in [0.4, 0.5) is 9.18 Å². The summed E-state index contributed by atoms with van der Waals surface area (Å²) < 4.78 is 21.5. The minimum Gasteiger partial charge on any atom is -0.439 e. The number of ether oxygens (including phenoxy) is 1. The highest BCUT2D eigenvalue weighted by atomic mass is 19.1. The lowest BCUT2D eigenvalue weighted by Crippen LogP contribution is -2.50. The number of carbonyl (C=O) groups excluding carboxylic acids is 1. The molecule has 170 valence electrons. The highest BCUT2D eigenvalue weighted by Gasteiger charge is 2.27. The molecule has 0 radical (unpaired) electrons. The van der Waals surface area contributed by atoms with Gasteiger partial charge in [-0.25, -0.2) is 13.9 Å². The van der Waals surface area contributed by atoms with Crippen molar-refractivity contribution in [1.29, 1.82) is 0 Å². The largest absolute Gasteiger partial charge is 0.439 e. The molecule has 1 aromatic heterocycles. The number of benzene rings is 2. The molecule has 1 heterocycles. The molecule has 3 aromatic rings. The van der Waals surface area contributed by atoms with E-state index in [9.17, 15) is 9.18 Å². The van der Waals surface area contributed by atoms with Crippen LogP contribution in [0, 0.1) is 5.82 Å². The number of hydrogen-bond acceptors (Lipinski definition) is 3. The lowest BCUT2D eigenvalue weighted by atomic mass is 10.1. The number of amides is 2. The van der Waals surface area contributed by atoms with E-state index in [1.54, 1.807) is 28.8 Å². The Morgan fingerprint density at radius 3 is 2.44 bits per heavy atom. The summed E-state index contributed by atoms with van der Waals surface area (Å²) in [6, 6.07) is 15.5. The summed E-state index contributed by atoms with van der Waals surface area (Å²) in [5, 5.41) is 7.72. The van der Waals surface area contributed by atoms with Gasteiger partial charge in [-0.3, -0.25) is 0 Å². The maximum Gasteiger partial charge on any atom is 0.318 e. The Morgan fingerprint density at radius 1 is 1.16 bits per heavy atom. The third-order valence-electron chi connectivity index (χ3n) is 4.84. The number of carbonyl (C=O) groups is 1. The molecule has 0 spiro atoms. The number of halogens is 1. The summed E-state index contributed by atoms with van der Waals surface area (Å²) in [6.45, 7) is 10.0. The quantitative estimate of drug-likeness (QED) is 0.534.